The van der Waals surface area contributed by atoms with Gasteiger partial charge in [0, 0.05) is 10.0 Å². The fraction of sp³-hybridized carbons (Fsp3) is 0.385. The number of Topliss-reactive ketones (excluding diaryl/α,β-unsaturated/α-hetero) is 1. The molecule has 0 fully saturated rings. The number of carbonyl (C=O) groups is 2. The Morgan fingerprint density at radius 1 is 1.24 bits per heavy atom. The van der Waals surface area contributed by atoms with Crippen molar-refractivity contribution in [3.05, 3.63) is 28.2 Å². The van der Waals surface area contributed by atoms with Crippen LogP contribution in [0.5, 0.6) is 5.75 Å². The molecule has 0 aliphatic rings. The molecule has 0 amide bonds. The van der Waals surface area contributed by atoms with Crippen LogP contribution in [0.15, 0.2) is 22.7 Å². The first-order chi connectivity index (χ1) is 7.71. The van der Waals surface area contributed by atoms with E-state index < -0.39 is 5.41 Å². The molecule has 1 aromatic rings. The first-order valence-corrected chi connectivity index (χ1v) is 6.04. The lowest BCUT2D eigenvalue weighted by atomic mass is 9.97. The molecule has 0 aromatic heterocycles. The van der Waals surface area contributed by atoms with Gasteiger partial charge in [-0.15, -0.1) is 0 Å². The molecule has 17 heavy (non-hydrogen) atoms. The number of hydrogen-bond acceptors (Lipinski definition) is 3. The fourth-order valence-corrected chi connectivity index (χ4v) is 1.74. The number of rotatable bonds is 2. The third kappa shape index (κ3) is 3.66. The molecule has 0 aliphatic heterocycles. The number of carbonyl (C=O) groups excluding carboxylic acids is 2. The zero-order valence-corrected chi connectivity index (χ0v) is 11.9. The van der Waals surface area contributed by atoms with Gasteiger partial charge in [-0.05, 0) is 61.8 Å². The zero-order chi connectivity index (χ0) is 13.2. The van der Waals surface area contributed by atoms with E-state index in [1.165, 1.54) is 6.92 Å². The summed E-state index contributed by atoms with van der Waals surface area (Å²) in [6, 6.07) is 4.88. The number of ketones is 1. The molecule has 0 spiro atoms. The highest BCUT2D eigenvalue weighted by Gasteiger charge is 2.23. The van der Waals surface area contributed by atoms with Crippen molar-refractivity contribution in [3.63, 3.8) is 0 Å². The predicted molar refractivity (Wildman–Crippen MR) is 69.2 cm³/mol. The van der Waals surface area contributed by atoms with Gasteiger partial charge in [0.2, 0.25) is 0 Å². The molecule has 0 atom stereocenters. The summed E-state index contributed by atoms with van der Waals surface area (Å²) in [6.07, 6.45) is 0. The van der Waals surface area contributed by atoms with Gasteiger partial charge in [-0.3, -0.25) is 9.59 Å². The van der Waals surface area contributed by atoms with Crippen molar-refractivity contribution in [2.45, 2.75) is 27.7 Å². The van der Waals surface area contributed by atoms with Crippen molar-refractivity contribution in [2.24, 2.45) is 5.41 Å². The highest BCUT2D eigenvalue weighted by molar-refractivity contribution is 9.10. The second-order valence-electron chi connectivity index (χ2n) is 4.84. The van der Waals surface area contributed by atoms with E-state index >= 15 is 0 Å². The van der Waals surface area contributed by atoms with Crippen molar-refractivity contribution in [2.75, 3.05) is 0 Å². The van der Waals surface area contributed by atoms with Gasteiger partial charge in [-0.2, -0.15) is 0 Å². The molecular formula is C13H15BrO3. The van der Waals surface area contributed by atoms with Gasteiger partial charge in [0.1, 0.15) is 5.75 Å². The molecule has 0 bridgehead atoms. The third-order valence-corrected chi connectivity index (χ3v) is 2.80. The molecule has 0 saturated heterocycles. The van der Waals surface area contributed by atoms with E-state index in [4.69, 9.17) is 4.74 Å². The zero-order valence-electron chi connectivity index (χ0n) is 10.3. The Morgan fingerprint density at radius 3 is 2.24 bits per heavy atom. The van der Waals surface area contributed by atoms with E-state index in [0.717, 1.165) is 0 Å². The SMILES string of the molecule is CC(=O)c1ccc(OC(=O)C(C)(C)C)cc1Br. The van der Waals surface area contributed by atoms with Crippen LogP contribution in [0.1, 0.15) is 38.1 Å². The Morgan fingerprint density at radius 2 is 1.82 bits per heavy atom. The van der Waals surface area contributed by atoms with Gasteiger partial charge in [0.05, 0.1) is 5.41 Å². The van der Waals surface area contributed by atoms with E-state index in [-0.39, 0.29) is 11.8 Å². The van der Waals surface area contributed by atoms with Crippen molar-refractivity contribution in [1.29, 1.82) is 0 Å². The molecular weight excluding hydrogens is 284 g/mol. The molecule has 0 unspecified atom stereocenters. The van der Waals surface area contributed by atoms with E-state index in [2.05, 4.69) is 15.9 Å². The number of ether oxygens (including phenoxy) is 1. The largest absolute Gasteiger partial charge is 0.426 e. The molecule has 3 nitrogen and oxygen atoms in total. The van der Waals surface area contributed by atoms with Crippen LogP contribution in [0.25, 0.3) is 0 Å². The molecule has 0 aliphatic carbocycles. The molecule has 4 heteroatoms. The fourth-order valence-electron chi connectivity index (χ4n) is 1.10. The van der Waals surface area contributed by atoms with Crippen LogP contribution < -0.4 is 4.74 Å². The van der Waals surface area contributed by atoms with Gasteiger partial charge in [-0.25, -0.2) is 0 Å². The van der Waals surface area contributed by atoms with E-state index in [1.807, 2.05) is 0 Å². The lowest BCUT2D eigenvalue weighted by molar-refractivity contribution is -0.143. The maximum absolute atomic E-state index is 11.7. The average Bonchev–Trinajstić information content (AvgIpc) is 2.15. The van der Waals surface area contributed by atoms with Gasteiger partial charge in [-0.1, -0.05) is 0 Å². The van der Waals surface area contributed by atoms with Gasteiger partial charge >= 0.3 is 5.97 Å². The number of esters is 1. The van der Waals surface area contributed by atoms with E-state index in [0.29, 0.717) is 15.8 Å². The summed E-state index contributed by atoms with van der Waals surface area (Å²) in [6.45, 7) is 6.85. The van der Waals surface area contributed by atoms with Crippen LogP contribution in [0, 0.1) is 5.41 Å². The van der Waals surface area contributed by atoms with Crippen LogP contribution in [-0.2, 0) is 4.79 Å². The third-order valence-electron chi connectivity index (χ3n) is 2.14. The summed E-state index contributed by atoms with van der Waals surface area (Å²) < 4.78 is 5.84. The maximum Gasteiger partial charge on any atom is 0.316 e. The summed E-state index contributed by atoms with van der Waals surface area (Å²) in [7, 11) is 0. The molecule has 0 saturated carbocycles. The predicted octanol–water partition coefficient (Wildman–Crippen LogP) is 3.60. The smallest absolute Gasteiger partial charge is 0.316 e. The maximum atomic E-state index is 11.7. The van der Waals surface area contributed by atoms with Gasteiger partial charge in [0.15, 0.2) is 5.78 Å². The van der Waals surface area contributed by atoms with E-state index in [1.54, 1.807) is 39.0 Å². The minimum atomic E-state index is -0.550. The normalized spacial score (nSPS) is 11.1. The minimum Gasteiger partial charge on any atom is -0.426 e. The Balaban J connectivity index is 2.92. The number of halogens is 1. The summed E-state index contributed by atoms with van der Waals surface area (Å²) in [5.74, 6) is 0.0901. The highest BCUT2D eigenvalue weighted by atomic mass is 79.9. The second-order valence-corrected chi connectivity index (χ2v) is 5.69. The Bertz CT molecular complexity index is 458. The lowest BCUT2D eigenvalue weighted by Gasteiger charge is -2.16. The standard InChI is InChI=1S/C13H15BrO3/c1-8(15)10-6-5-9(7-11(10)14)17-12(16)13(2,3)4/h5-7H,1-4H3. The van der Waals surface area contributed by atoms with Crippen LogP contribution in [0.2, 0.25) is 0 Å². The van der Waals surface area contributed by atoms with Gasteiger partial charge < -0.3 is 4.74 Å². The van der Waals surface area contributed by atoms with E-state index in [9.17, 15) is 9.59 Å². The first-order valence-electron chi connectivity index (χ1n) is 5.24. The highest BCUT2D eigenvalue weighted by Crippen LogP contribution is 2.25. The molecule has 1 rings (SSSR count). The Kier molecular flexibility index (Phi) is 4.09. The summed E-state index contributed by atoms with van der Waals surface area (Å²) in [5, 5.41) is 0. The van der Waals surface area contributed by atoms with Crippen LogP contribution >= 0.6 is 15.9 Å². The molecule has 92 valence electrons. The summed E-state index contributed by atoms with van der Waals surface area (Å²) in [5.41, 5.74) is 0.0201. The molecule has 0 radical (unpaired) electrons. The second kappa shape index (κ2) is 5.00. The molecule has 1 aromatic carbocycles. The van der Waals surface area contributed by atoms with Crippen molar-refractivity contribution < 1.29 is 14.3 Å². The topological polar surface area (TPSA) is 43.4 Å². The molecule has 0 heterocycles. The van der Waals surface area contributed by atoms with Crippen molar-refractivity contribution in [3.8, 4) is 5.75 Å². The number of benzene rings is 1. The lowest BCUT2D eigenvalue weighted by Crippen LogP contribution is -2.25. The average molecular weight is 299 g/mol. The van der Waals surface area contributed by atoms with Crippen molar-refractivity contribution in [1.82, 2.24) is 0 Å². The minimum absolute atomic E-state index is 0.0365. The van der Waals surface area contributed by atoms with Crippen LogP contribution in [0.3, 0.4) is 0 Å². The monoisotopic (exact) mass is 298 g/mol. The molecule has 0 N–H and O–H groups in total. The Labute approximate surface area is 109 Å². The number of hydrogen-bond donors (Lipinski definition) is 0. The van der Waals surface area contributed by atoms with Crippen molar-refractivity contribution >= 4 is 27.7 Å². The summed E-state index contributed by atoms with van der Waals surface area (Å²) >= 11 is 3.28. The van der Waals surface area contributed by atoms with Crippen LogP contribution in [0.4, 0.5) is 0 Å². The first kappa shape index (κ1) is 13.9. The Hall–Kier alpha value is -1.16. The van der Waals surface area contributed by atoms with Crippen LogP contribution in [-0.4, -0.2) is 11.8 Å². The van der Waals surface area contributed by atoms with Gasteiger partial charge in [0.25, 0.3) is 0 Å². The quantitative estimate of drug-likeness (QED) is 0.476. The summed E-state index contributed by atoms with van der Waals surface area (Å²) in [4.78, 5) is 22.9.